The highest BCUT2D eigenvalue weighted by molar-refractivity contribution is 5.45. The molecule has 0 amide bonds. The van der Waals surface area contributed by atoms with Crippen LogP contribution in [0.25, 0.3) is 0 Å². The minimum absolute atomic E-state index is 0.169. The van der Waals surface area contributed by atoms with Gasteiger partial charge in [0.05, 0.1) is 0 Å². The van der Waals surface area contributed by atoms with Gasteiger partial charge in [-0.3, -0.25) is 0 Å². The Labute approximate surface area is 156 Å². The molecule has 1 rings (SSSR count). The summed E-state index contributed by atoms with van der Waals surface area (Å²) in [5, 5.41) is 14.4. The zero-order chi connectivity index (χ0) is 19.1. The van der Waals surface area contributed by atoms with Gasteiger partial charge < -0.3 is 10.4 Å². The van der Waals surface area contributed by atoms with Gasteiger partial charge in [0.15, 0.2) is 0 Å². The summed E-state index contributed by atoms with van der Waals surface area (Å²) < 4.78 is 0. The quantitative estimate of drug-likeness (QED) is 0.518. The van der Waals surface area contributed by atoms with E-state index in [-0.39, 0.29) is 10.8 Å². The van der Waals surface area contributed by atoms with E-state index in [2.05, 4.69) is 65.9 Å². The van der Waals surface area contributed by atoms with Gasteiger partial charge in [-0.25, -0.2) is 0 Å². The number of hydrogen-bond acceptors (Lipinski definition) is 2. The van der Waals surface area contributed by atoms with Gasteiger partial charge in [-0.1, -0.05) is 79.9 Å². The van der Waals surface area contributed by atoms with Crippen molar-refractivity contribution >= 4 is 0 Å². The molecule has 0 saturated carbocycles. The normalized spacial score (nSPS) is 12.6. The third kappa shape index (κ3) is 9.30. The van der Waals surface area contributed by atoms with Crippen LogP contribution in [-0.2, 0) is 19.4 Å². The lowest BCUT2D eigenvalue weighted by Gasteiger charge is -2.24. The fourth-order valence-corrected chi connectivity index (χ4v) is 3.26. The Hall–Kier alpha value is -1.02. The summed E-state index contributed by atoms with van der Waals surface area (Å²) >= 11 is 0. The second-order valence-electron chi connectivity index (χ2n) is 9.97. The zero-order valence-corrected chi connectivity index (χ0v) is 17.8. The van der Waals surface area contributed by atoms with Gasteiger partial charge >= 0.3 is 0 Å². The van der Waals surface area contributed by atoms with Crippen LogP contribution in [0.15, 0.2) is 12.1 Å². The lowest BCUT2D eigenvalue weighted by atomic mass is 9.83. The number of rotatable bonds is 9. The van der Waals surface area contributed by atoms with Crippen LogP contribution in [0, 0.1) is 10.8 Å². The molecule has 0 spiro atoms. The van der Waals surface area contributed by atoms with Gasteiger partial charge in [0, 0.05) is 6.54 Å². The van der Waals surface area contributed by atoms with Crippen molar-refractivity contribution in [3.63, 3.8) is 0 Å². The van der Waals surface area contributed by atoms with E-state index >= 15 is 0 Å². The number of unbranched alkanes of at least 4 members (excludes halogenated alkanes) is 3. The molecule has 0 saturated heterocycles. The fraction of sp³-hybridized carbons (Fsp3) is 0.739. The molecule has 25 heavy (non-hydrogen) atoms. The number of phenols is 1. The number of phenolic OH excluding ortho intramolecular Hbond substituents is 1. The second-order valence-corrected chi connectivity index (χ2v) is 9.97. The zero-order valence-electron chi connectivity index (χ0n) is 17.8. The van der Waals surface area contributed by atoms with E-state index in [4.69, 9.17) is 0 Å². The first-order valence-corrected chi connectivity index (χ1v) is 10.1. The molecule has 0 unspecified atom stereocenters. The molecule has 2 heteroatoms. The molecular formula is C23H41NO. The SMILES string of the molecule is CCCCCCNCc1cc(CC(C)(C)C)c(O)c(CC(C)(C)C)c1. The molecule has 0 heterocycles. The molecule has 144 valence electrons. The van der Waals surface area contributed by atoms with Crippen LogP contribution in [-0.4, -0.2) is 11.7 Å². The van der Waals surface area contributed by atoms with E-state index in [0.717, 1.165) is 37.1 Å². The Morgan fingerprint density at radius 1 is 0.840 bits per heavy atom. The minimum Gasteiger partial charge on any atom is -0.507 e. The third-order valence-corrected chi connectivity index (χ3v) is 4.31. The molecule has 0 aliphatic carbocycles. The van der Waals surface area contributed by atoms with Gasteiger partial charge in [0.25, 0.3) is 0 Å². The van der Waals surface area contributed by atoms with Crippen molar-refractivity contribution in [3.05, 3.63) is 28.8 Å². The van der Waals surface area contributed by atoms with Crippen molar-refractivity contribution < 1.29 is 5.11 Å². The van der Waals surface area contributed by atoms with E-state index in [1.807, 2.05) is 0 Å². The van der Waals surface area contributed by atoms with Crippen LogP contribution >= 0.6 is 0 Å². The van der Waals surface area contributed by atoms with Crippen LogP contribution < -0.4 is 5.32 Å². The summed E-state index contributed by atoms with van der Waals surface area (Å²) in [6, 6.07) is 4.40. The van der Waals surface area contributed by atoms with Crippen molar-refractivity contribution in [1.29, 1.82) is 0 Å². The topological polar surface area (TPSA) is 32.3 Å². The maximum Gasteiger partial charge on any atom is 0.122 e. The average Bonchev–Trinajstić information content (AvgIpc) is 2.44. The molecule has 0 bridgehead atoms. The molecule has 0 aliphatic rings. The van der Waals surface area contributed by atoms with E-state index in [1.165, 1.54) is 31.2 Å². The standard InChI is InChI=1S/C23H41NO/c1-8-9-10-11-12-24-17-18-13-19(15-22(2,3)4)21(25)20(14-18)16-23(5,6)7/h13-14,24-25H,8-12,15-17H2,1-7H3. The van der Waals surface area contributed by atoms with Crippen molar-refractivity contribution in [2.75, 3.05) is 6.54 Å². The van der Waals surface area contributed by atoms with Crippen LogP contribution in [0.1, 0.15) is 90.8 Å². The summed E-state index contributed by atoms with van der Waals surface area (Å²) in [4.78, 5) is 0. The van der Waals surface area contributed by atoms with Crippen LogP contribution in [0.2, 0.25) is 0 Å². The van der Waals surface area contributed by atoms with Gasteiger partial charge in [-0.2, -0.15) is 0 Å². The molecule has 1 aromatic carbocycles. The maximum absolute atomic E-state index is 10.8. The number of nitrogens with one attached hydrogen (secondary N) is 1. The molecule has 0 aromatic heterocycles. The molecule has 0 fully saturated rings. The van der Waals surface area contributed by atoms with Gasteiger partial charge in [0.1, 0.15) is 5.75 Å². The molecule has 0 radical (unpaired) electrons. The number of benzene rings is 1. The number of aromatic hydroxyl groups is 1. The first kappa shape index (κ1) is 22.0. The average molecular weight is 348 g/mol. The monoisotopic (exact) mass is 347 g/mol. The highest BCUT2D eigenvalue weighted by Gasteiger charge is 2.20. The Balaban J connectivity index is 2.88. The molecule has 0 atom stereocenters. The first-order valence-electron chi connectivity index (χ1n) is 10.1. The van der Waals surface area contributed by atoms with Crippen molar-refractivity contribution in [3.8, 4) is 5.75 Å². The van der Waals surface area contributed by atoms with E-state index in [0.29, 0.717) is 5.75 Å². The lowest BCUT2D eigenvalue weighted by Crippen LogP contribution is -2.17. The predicted molar refractivity (Wildman–Crippen MR) is 110 cm³/mol. The van der Waals surface area contributed by atoms with Crippen molar-refractivity contribution in [1.82, 2.24) is 5.32 Å². The van der Waals surface area contributed by atoms with E-state index in [1.54, 1.807) is 0 Å². The van der Waals surface area contributed by atoms with E-state index < -0.39 is 0 Å². The van der Waals surface area contributed by atoms with Crippen LogP contribution in [0.3, 0.4) is 0 Å². The van der Waals surface area contributed by atoms with Gasteiger partial charge in [-0.05, 0) is 53.3 Å². The van der Waals surface area contributed by atoms with Crippen molar-refractivity contribution in [2.45, 2.75) is 93.5 Å². The Morgan fingerprint density at radius 3 is 1.80 bits per heavy atom. The first-order chi connectivity index (χ1) is 11.5. The molecular weight excluding hydrogens is 306 g/mol. The summed E-state index contributed by atoms with van der Waals surface area (Å²) in [5.41, 5.74) is 3.83. The van der Waals surface area contributed by atoms with Crippen LogP contribution in [0.4, 0.5) is 0 Å². The fourth-order valence-electron chi connectivity index (χ4n) is 3.26. The summed E-state index contributed by atoms with van der Waals surface area (Å²) in [6.45, 7) is 17.6. The number of hydrogen-bond donors (Lipinski definition) is 2. The highest BCUT2D eigenvalue weighted by Crippen LogP contribution is 2.34. The van der Waals surface area contributed by atoms with Gasteiger partial charge in [0.2, 0.25) is 0 Å². The molecule has 0 aliphatic heterocycles. The summed E-state index contributed by atoms with van der Waals surface area (Å²) in [6.07, 6.45) is 6.97. The predicted octanol–water partition coefficient (Wildman–Crippen LogP) is 6.24. The molecule has 2 nitrogen and oxygen atoms in total. The Morgan fingerprint density at radius 2 is 1.36 bits per heavy atom. The van der Waals surface area contributed by atoms with Crippen LogP contribution in [0.5, 0.6) is 5.75 Å². The molecule has 1 aromatic rings. The Bertz CT molecular complexity index is 483. The van der Waals surface area contributed by atoms with Gasteiger partial charge in [-0.15, -0.1) is 0 Å². The Kier molecular flexibility index (Phi) is 8.47. The lowest BCUT2D eigenvalue weighted by molar-refractivity contribution is 0.378. The minimum atomic E-state index is 0.169. The second kappa shape index (κ2) is 9.62. The largest absolute Gasteiger partial charge is 0.507 e. The smallest absolute Gasteiger partial charge is 0.122 e. The summed E-state index contributed by atoms with van der Waals surface area (Å²) in [5.74, 6) is 0.511. The van der Waals surface area contributed by atoms with Crippen molar-refractivity contribution in [2.24, 2.45) is 10.8 Å². The molecule has 2 N–H and O–H groups in total. The third-order valence-electron chi connectivity index (χ3n) is 4.31. The summed E-state index contributed by atoms with van der Waals surface area (Å²) in [7, 11) is 0. The maximum atomic E-state index is 10.8. The van der Waals surface area contributed by atoms with E-state index in [9.17, 15) is 5.11 Å². The highest BCUT2D eigenvalue weighted by atomic mass is 16.3.